The number of nitrogens with two attached hydrogens (primary N) is 2. The molecule has 1 aromatic rings. The van der Waals surface area contributed by atoms with Crippen molar-refractivity contribution in [3.63, 3.8) is 0 Å². The molecule has 76 valence electrons. The molecule has 0 atom stereocenters. The van der Waals surface area contributed by atoms with E-state index in [0.717, 1.165) is 5.56 Å². The largest absolute Gasteiger partial charge is 0.398 e. The number of anilines is 1. The molecular weight excluding hydrogens is 174 g/mol. The SMILES string of the molecule is CC(C)(C)c1ccc(N)c(C(=N)N)c1. The second-order valence-electron chi connectivity index (χ2n) is 4.47. The highest BCUT2D eigenvalue weighted by molar-refractivity contribution is 6.00. The van der Waals surface area contributed by atoms with Gasteiger partial charge in [0.1, 0.15) is 5.84 Å². The highest BCUT2D eigenvalue weighted by atomic mass is 14.7. The number of nitrogens with one attached hydrogen (secondary N) is 1. The minimum absolute atomic E-state index is 0.0219. The molecule has 1 aromatic carbocycles. The zero-order chi connectivity index (χ0) is 10.9. The van der Waals surface area contributed by atoms with Crippen molar-refractivity contribution in [2.75, 3.05) is 5.73 Å². The number of hydrogen-bond donors (Lipinski definition) is 3. The molecule has 0 aliphatic carbocycles. The van der Waals surface area contributed by atoms with Gasteiger partial charge in [-0.25, -0.2) is 0 Å². The summed E-state index contributed by atoms with van der Waals surface area (Å²) in [7, 11) is 0. The zero-order valence-electron chi connectivity index (χ0n) is 8.89. The van der Waals surface area contributed by atoms with Gasteiger partial charge in [-0.1, -0.05) is 26.8 Å². The average Bonchev–Trinajstić information content (AvgIpc) is 2.02. The molecule has 5 N–H and O–H groups in total. The molecule has 0 aliphatic rings. The van der Waals surface area contributed by atoms with Gasteiger partial charge in [0.05, 0.1) is 0 Å². The first-order chi connectivity index (χ1) is 6.32. The molecule has 0 amide bonds. The van der Waals surface area contributed by atoms with E-state index in [1.165, 1.54) is 0 Å². The Bertz CT molecular complexity index is 361. The van der Waals surface area contributed by atoms with Crippen molar-refractivity contribution in [2.45, 2.75) is 26.2 Å². The van der Waals surface area contributed by atoms with Crippen LogP contribution in [0, 0.1) is 5.41 Å². The Kier molecular flexibility index (Phi) is 2.51. The van der Waals surface area contributed by atoms with Gasteiger partial charge in [0.2, 0.25) is 0 Å². The van der Waals surface area contributed by atoms with Crippen molar-refractivity contribution in [1.82, 2.24) is 0 Å². The summed E-state index contributed by atoms with van der Waals surface area (Å²) in [6, 6.07) is 5.66. The highest BCUT2D eigenvalue weighted by Gasteiger charge is 2.15. The fourth-order valence-electron chi connectivity index (χ4n) is 1.26. The van der Waals surface area contributed by atoms with Crippen LogP contribution in [-0.4, -0.2) is 5.84 Å². The third kappa shape index (κ3) is 2.05. The summed E-state index contributed by atoms with van der Waals surface area (Å²) in [4.78, 5) is 0. The topological polar surface area (TPSA) is 75.9 Å². The summed E-state index contributed by atoms with van der Waals surface area (Å²) in [5, 5.41) is 7.38. The first-order valence-electron chi connectivity index (χ1n) is 4.57. The molecule has 0 saturated carbocycles. The lowest BCUT2D eigenvalue weighted by atomic mass is 9.86. The van der Waals surface area contributed by atoms with Crippen LogP contribution in [0.4, 0.5) is 5.69 Å². The van der Waals surface area contributed by atoms with Crippen LogP contribution in [0.5, 0.6) is 0 Å². The minimum Gasteiger partial charge on any atom is -0.398 e. The van der Waals surface area contributed by atoms with Crippen molar-refractivity contribution < 1.29 is 0 Å². The van der Waals surface area contributed by atoms with E-state index in [1.54, 1.807) is 6.07 Å². The van der Waals surface area contributed by atoms with Gasteiger partial charge in [0.25, 0.3) is 0 Å². The second-order valence-corrected chi connectivity index (χ2v) is 4.47. The Morgan fingerprint density at radius 1 is 1.29 bits per heavy atom. The first-order valence-corrected chi connectivity index (χ1v) is 4.57. The van der Waals surface area contributed by atoms with E-state index in [-0.39, 0.29) is 11.3 Å². The maximum absolute atomic E-state index is 7.38. The van der Waals surface area contributed by atoms with Crippen LogP contribution < -0.4 is 11.5 Å². The van der Waals surface area contributed by atoms with Crippen LogP contribution in [0.1, 0.15) is 31.9 Å². The predicted molar refractivity (Wildman–Crippen MR) is 60.6 cm³/mol. The number of nitrogen functional groups attached to an aromatic ring is 2. The molecule has 1 rings (SSSR count). The van der Waals surface area contributed by atoms with Crippen LogP contribution >= 0.6 is 0 Å². The second kappa shape index (κ2) is 3.33. The molecule has 0 radical (unpaired) electrons. The molecule has 0 fully saturated rings. The molecular formula is C11H17N3. The lowest BCUT2D eigenvalue weighted by Gasteiger charge is -2.20. The monoisotopic (exact) mass is 191 g/mol. The molecule has 0 bridgehead atoms. The zero-order valence-corrected chi connectivity index (χ0v) is 8.89. The lowest BCUT2D eigenvalue weighted by Crippen LogP contribution is -2.17. The van der Waals surface area contributed by atoms with Crippen molar-refractivity contribution >= 4 is 11.5 Å². The number of rotatable bonds is 1. The normalized spacial score (nSPS) is 11.4. The van der Waals surface area contributed by atoms with Gasteiger partial charge in [0.15, 0.2) is 0 Å². The van der Waals surface area contributed by atoms with Crippen LogP contribution in [0.3, 0.4) is 0 Å². The Hall–Kier alpha value is -1.51. The molecule has 0 heterocycles. The molecule has 0 spiro atoms. The average molecular weight is 191 g/mol. The molecule has 0 aromatic heterocycles. The van der Waals surface area contributed by atoms with Crippen molar-refractivity contribution in [3.8, 4) is 0 Å². The van der Waals surface area contributed by atoms with Gasteiger partial charge in [-0.3, -0.25) is 5.41 Å². The van der Waals surface area contributed by atoms with Gasteiger partial charge in [-0.2, -0.15) is 0 Å². The van der Waals surface area contributed by atoms with Crippen molar-refractivity contribution in [1.29, 1.82) is 5.41 Å². The van der Waals surface area contributed by atoms with E-state index in [2.05, 4.69) is 20.8 Å². The number of benzene rings is 1. The van der Waals surface area contributed by atoms with Crippen molar-refractivity contribution in [2.24, 2.45) is 5.73 Å². The molecule has 3 heteroatoms. The minimum atomic E-state index is 0.0219. The van der Waals surface area contributed by atoms with Crippen LogP contribution in [0.15, 0.2) is 18.2 Å². The van der Waals surface area contributed by atoms with Gasteiger partial charge >= 0.3 is 0 Å². The molecule has 0 aliphatic heterocycles. The summed E-state index contributed by atoms with van der Waals surface area (Å²) >= 11 is 0. The number of hydrogen-bond acceptors (Lipinski definition) is 2. The van der Waals surface area contributed by atoms with E-state index in [4.69, 9.17) is 16.9 Å². The summed E-state index contributed by atoms with van der Waals surface area (Å²) < 4.78 is 0. The molecule has 0 saturated heterocycles. The Balaban J connectivity index is 3.27. The fourth-order valence-corrected chi connectivity index (χ4v) is 1.26. The van der Waals surface area contributed by atoms with E-state index < -0.39 is 0 Å². The number of amidine groups is 1. The molecule has 0 unspecified atom stereocenters. The highest BCUT2D eigenvalue weighted by Crippen LogP contribution is 2.25. The van der Waals surface area contributed by atoms with E-state index in [1.807, 2.05) is 12.1 Å². The summed E-state index contributed by atoms with van der Waals surface area (Å²) in [5.41, 5.74) is 13.5. The van der Waals surface area contributed by atoms with E-state index >= 15 is 0 Å². The van der Waals surface area contributed by atoms with Gasteiger partial charge < -0.3 is 11.5 Å². The van der Waals surface area contributed by atoms with Gasteiger partial charge in [-0.05, 0) is 23.1 Å². The first kappa shape index (κ1) is 10.6. The smallest absolute Gasteiger partial charge is 0.124 e. The Morgan fingerprint density at radius 3 is 2.29 bits per heavy atom. The molecule has 14 heavy (non-hydrogen) atoms. The van der Waals surface area contributed by atoms with Gasteiger partial charge in [0, 0.05) is 11.3 Å². The van der Waals surface area contributed by atoms with Crippen LogP contribution in [0.2, 0.25) is 0 Å². The quantitative estimate of drug-likeness (QED) is 0.360. The molecule has 3 nitrogen and oxygen atoms in total. The Morgan fingerprint density at radius 2 is 1.86 bits per heavy atom. The lowest BCUT2D eigenvalue weighted by molar-refractivity contribution is 0.590. The summed E-state index contributed by atoms with van der Waals surface area (Å²) in [5.74, 6) is 0.0219. The van der Waals surface area contributed by atoms with Crippen LogP contribution in [0.25, 0.3) is 0 Å². The summed E-state index contributed by atoms with van der Waals surface area (Å²) in [6.45, 7) is 6.34. The van der Waals surface area contributed by atoms with Crippen LogP contribution in [-0.2, 0) is 5.41 Å². The Labute approximate surface area is 84.6 Å². The fraction of sp³-hybridized carbons (Fsp3) is 0.364. The van der Waals surface area contributed by atoms with Gasteiger partial charge in [-0.15, -0.1) is 0 Å². The predicted octanol–water partition coefficient (Wildman–Crippen LogP) is 1.85. The summed E-state index contributed by atoms with van der Waals surface area (Å²) in [6.07, 6.45) is 0. The third-order valence-corrected chi connectivity index (χ3v) is 2.21. The van der Waals surface area contributed by atoms with E-state index in [0.29, 0.717) is 11.3 Å². The van der Waals surface area contributed by atoms with E-state index in [9.17, 15) is 0 Å². The maximum Gasteiger partial charge on any atom is 0.124 e. The standard InChI is InChI=1S/C11H17N3/c1-11(2,3)7-4-5-9(12)8(6-7)10(13)14/h4-6H,12H2,1-3H3,(H3,13,14). The third-order valence-electron chi connectivity index (χ3n) is 2.21. The van der Waals surface area contributed by atoms with Crippen molar-refractivity contribution in [3.05, 3.63) is 29.3 Å². The maximum atomic E-state index is 7.38.